The first kappa shape index (κ1) is 16.2. The molecule has 4 heteroatoms. The Morgan fingerprint density at radius 2 is 1.22 bits per heavy atom. The highest BCUT2D eigenvalue weighted by atomic mass is 32.2. The van der Waals surface area contributed by atoms with E-state index in [9.17, 15) is 8.42 Å². The van der Waals surface area contributed by atoms with Gasteiger partial charge in [-0.3, -0.25) is 4.90 Å². The van der Waals surface area contributed by atoms with Crippen LogP contribution in [-0.2, 0) is 22.9 Å². The Hall–Kier alpha value is -1.65. The van der Waals surface area contributed by atoms with Crippen molar-refractivity contribution in [3.8, 4) is 0 Å². The SMILES string of the molecule is O=S1(=O)CCC(N(Cc2ccccc2)Cc2ccccc2)CC1. The predicted octanol–water partition coefficient (Wildman–Crippen LogP) is 3.27. The lowest BCUT2D eigenvalue weighted by atomic mass is 10.1. The summed E-state index contributed by atoms with van der Waals surface area (Å²) < 4.78 is 23.4. The molecule has 1 aliphatic heterocycles. The summed E-state index contributed by atoms with van der Waals surface area (Å²) in [7, 11) is -2.82. The minimum absolute atomic E-state index is 0.317. The lowest BCUT2D eigenvalue weighted by Gasteiger charge is -2.34. The van der Waals surface area contributed by atoms with Crippen molar-refractivity contribution in [1.82, 2.24) is 4.90 Å². The van der Waals surface area contributed by atoms with Crippen molar-refractivity contribution in [3.63, 3.8) is 0 Å². The van der Waals surface area contributed by atoms with E-state index in [0.717, 1.165) is 25.9 Å². The van der Waals surface area contributed by atoms with E-state index in [4.69, 9.17) is 0 Å². The molecule has 0 aromatic heterocycles. The second-order valence-electron chi connectivity index (χ2n) is 6.26. The van der Waals surface area contributed by atoms with Gasteiger partial charge in [-0.2, -0.15) is 0 Å². The molecule has 0 amide bonds. The largest absolute Gasteiger partial charge is 0.292 e. The minimum Gasteiger partial charge on any atom is -0.292 e. The van der Waals surface area contributed by atoms with Crippen molar-refractivity contribution in [2.24, 2.45) is 0 Å². The van der Waals surface area contributed by atoms with Crippen LogP contribution in [0.3, 0.4) is 0 Å². The summed E-state index contributed by atoms with van der Waals surface area (Å²) in [5.41, 5.74) is 2.55. The summed E-state index contributed by atoms with van der Waals surface area (Å²) >= 11 is 0. The van der Waals surface area contributed by atoms with Gasteiger partial charge in [-0.05, 0) is 24.0 Å². The standard InChI is InChI=1S/C19H23NO2S/c21-23(22)13-11-19(12-14-23)20(15-17-7-3-1-4-8-17)16-18-9-5-2-6-10-18/h1-10,19H,11-16H2. The number of rotatable bonds is 5. The highest BCUT2D eigenvalue weighted by Crippen LogP contribution is 2.22. The molecule has 0 radical (unpaired) electrons. The summed E-state index contributed by atoms with van der Waals surface area (Å²) in [5.74, 6) is 0.634. The van der Waals surface area contributed by atoms with Crippen LogP contribution in [0.25, 0.3) is 0 Å². The van der Waals surface area contributed by atoms with E-state index in [1.54, 1.807) is 0 Å². The van der Waals surface area contributed by atoms with Crippen molar-refractivity contribution >= 4 is 9.84 Å². The fourth-order valence-corrected chi connectivity index (χ4v) is 4.66. The Kier molecular flexibility index (Phi) is 5.13. The van der Waals surface area contributed by atoms with Crippen LogP contribution in [0.1, 0.15) is 24.0 Å². The average molecular weight is 329 g/mol. The summed E-state index contributed by atoms with van der Waals surface area (Å²) in [4.78, 5) is 2.43. The van der Waals surface area contributed by atoms with Crippen LogP contribution in [0.15, 0.2) is 60.7 Å². The molecule has 0 N–H and O–H groups in total. The molecule has 3 rings (SSSR count). The number of hydrogen-bond acceptors (Lipinski definition) is 3. The van der Waals surface area contributed by atoms with Gasteiger partial charge in [0.2, 0.25) is 0 Å². The number of hydrogen-bond donors (Lipinski definition) is 0. The van der Waals surface area contributed by atoms with Crippen molar-refractivity contribution in [1.29, 1.82) is 0 Å². The smallest absolute Gasteiger partial charge is 0.150 e. The Labute approximate surface area is 138 Å². The van der Waals surface area contributed by atoms with E-state index in [1.165, 1.54) is 11.1 Å². The van der Waals surface area contributed by atoms with E-state index >= 15 is 0 Å². The number of nitrogens with zero attached hydrogens (tertiary/aromatic N) is 1. The van der Waals surface area contributed by atoms with E-state index in [0.29, 0.717) is 17.5 Å². The third-order valence-corrected chi connectivity index (χ3v) is 6.21. The minimum atomic E-state index is -2.82. The van der Waals surface area contributed by atoms with Crippen LogP contribution in [0.4, 0.5) is 0 Å². The maximum Gasteiger partial charge on any atom is 0.150 e. The van der Waals surface area contributed by atoms with Gasteiger partial charge in [0.15, 0.2) is 0 Å². The second kappa shape index (κ2) is 7.28. The second-order valence-corrected chi connectivity index (χ2v) is 8.56. The van der Waals surface area contributed by atoms with Gasteiger partial charge in [-0.25, -0.2) is 8.42 Å². The van der Waals surface area contributed by atoms with Gasteiger partial charge < -0.3 is 0 Å². The van der Waals surface area contributed by atoms with Crippen LogP contribution in [0, 0.1) is 0 Å². The molecule has 1 aliphatic rings. The zero-order valence-electron chi connectivity index (χ0n) is 13.3. The van der Waals surface area contributed by atoms with E-state index in [2.05, 4.69) is 53.4 Å². The first-order valence-electron chi connectivity index (χ1n) is 8.15. The molecule has 2 aromatic carbocycles. The first-order chi connectivity index (χ1) is 11.1. The Bertz CT molecular complexity index is 658. The molecular weight excluding hydrogens is 306 g/mol. The maximum absolute atomic E-state index is 11.7. The molecule has 1 fully saturated rings. The molecule has 23 heavy (non-hydrogen) atoms. The van der Waals surface area contributed by atoms with Gasteiger partial charge in [-0.1, -0.05) is 60.7 Å². The fourth-order valence-electron chi connectivity index (χ4n) is 3.19. The summed E-state index contributed by atoms with van der Waals surface area (Å²) in [6, 6.07) is 21.2. The molecule has 1 saturated heterocycles. The van der Waals surface area contributed by atoms with E-state index in [-0.39, 0.29) is 0 Å². The van der Waals surface area contributed by atoms with Gasteiger partial charge in [0, 0.05) is 19.1 Å². The topological polar surface area (TPSA) is 37.4 Å². The lowest BCUT2D eigenvalue weighted by Crippen LogP contribution is -2.40. The maximum atomic E-state index is 11.7. The zero-order valence-corrected chi connectivity index (χ0v) is 14.1. The first-order valence-corrected chi connectivity index (χ1v) is 9.97. The van der Waals surface area contributed by atoms with Crippen LogP contribution < -0.4 is 0 Å². The molecule has 0 aliphatic carbocycles. The van der Waals surface area contributed by atoms with Gasteiger partial charge in [0.05, 0.1) is 11.5 Å². The van der Waals surface area contributed by atoms with E-state index in [1.807, 2.05) is 12.1 Å². The van der Waals surface area contributed by atoms with Gasteiger partial charge in [0.1, 0.15) is 9.84 Å². The molecule has 0 saturated carbocycles. The summed E-state index contributed by atoms with van der Waals surface area (Å²) in [6.07, 6.45) is 1.48. The molecule has 0 bridgehead atoms. The highest BCUT2D eigenvalue weighted by Gasteiger charge is 2.28. The lowest BCUT2D eigenvalue weighted by molar-refractivity contribution is 0.166. The highest BCUT2D eigenvalue weighted by molar-refractivity contribution is 7.91. The van der Waals surface area contributed by atoms with Gasteiger partial charge in [-0.15, -0.1) is 0 Å². The molecule has 0 unspecified atom stereocenters. The summed E-state index contributed by atoms with van der Waals surface area (Å²) in [6.45, 7) is 1.72. The molecule has 122 valence electrons. The van der Waals surface area contributed by atoms with Crippen LogP contribution in [0.2, 0.25) is 0 Å². The molecule has 2 aromatic rings. The van der Waals surface area contributed by atoms with Crippen molar-refractivity contribution in [3.05, 3.63) is 71.8 Å². The van der Waals surface area contributed by atoms with Crippen LogP contribution in [0.5, 0.6) is 0 Å². The quantitative estimate of drug-likeness (QED) is 0.845. The zero-order chi connectivity index (χ0) is 16.1. The predicted molar refractivity (Wildman–Crippen MR) is 93.8 cm³/mol. The summed E-state index contributed by atoms with van der Waals surface area (Å²) in [5, 5.41) is 0. The van der Waals surface area contributed by atoms with Crippen molar-refractivity contribution < 1.29 is 8.42 Å². The molecule has 0 spiro atoms. The third-order valence-electron chi connectivity index (χ3n) is 4.50. The molecule has 0 atom stereocenters. The molecule has 3 nitrogen and oxygen atoms in total. The van der Waals surface area contributed by atoms with Gasteiger partial charge >= 0.3 is 0 Å². The number of benzene rings is 2. The van der Waals surface area contributed by atoms with Gasteiger partial charge in [0.25, 0.3) is 0 Å². The average Bonchev–Trinajstić information content (AvgIpc) is 2.56. The Morgan fingerprint density at radius 3 is 1.65 bits per heavy atom. The molecular formula is C19H23NO2S. The normalized spacial score (nSPS) is 18.1. The fraction of sp³-hybridized carbons (Fsp3) is 0.368. The Morgan fingerprint density at radius 1 is 0.783 bits per heavy atom. The van der Waals surface area contributed by atoms with Crippen molar-refractivity contribution in [2.45, 2.75) is 32.0 Å². The van der Waals surface area contributed by atoms with Crippen LogP contribution in [-0.4, -0.2) is 30.9 Å². The van der Waals surface area contributed by atoms with E-state index < -0.39 is 9.84 Å². The van der Waals surface area contributed by atoms with Crippen molar-refractivity contribution in [2.75, 3.05) is 11.5 Å². The Balaban J connectivity index is 1.76. The van der Waals surface area contributed by atoms with Crippen LogP contribution >= 0.6 is 0 Å². The monoisotopic (exact) mass is 329 g/mol. The third kappa shape index (κ3) is 4.66. The number of sulfone groups is 1. The molecule has 1 heterocycles.